The van der Waals surface area contributed by atoms with E-state index in [1.54, 1.807) is 24.1 Å². The number of nitrogens with zero attached hydrogens (tertiary/aromatic N) is 2. The third-order valence-corrected chi connectivity index (χ3v) is 6.54. The van der Waals surface area contributed by atoms with E-state index in [0.29, 0.717) is 44.9 Å². The number of esters is 1. The van der Waals surface area contributed by atoms with Gasteiger partial charge < -0.3 is 19.1 Å². The van der Waals surface area contributed by atoms with Gasteiger partial charge in [0.1, 0.15) is 5.75 Å². The molecule has 3 aromatic carbocycles. The van der Waals surface area contributed by atoms with Crippen LogP contribution in [0.15, 0.2) is 66.7 Å². The Morgan fingerprint density at radius 1 is 0.868 bits per heavy atom. The predicted molar refractivity (Wildman–Crippen MR) is 137 cm³/mol. The SMILES string of the molecule is COC(=O)c1ccc(CO[C@@H](CN2CCN(C(=O)c3ccc(F)c(F)c3)CC2)c2cccc(OC)c2)cc1. The topological polar surface area (TPSA) is 68.3 Å². The molecule has 0 radical (unpaired) electrons. The molecule has 4 rings (SSSR count). The summed E-state index contributed by atoms with van der Waals surface area (Å²) in [5, 5.41) is 0. The van der Waals surface area contributed by atoms with Gasteiger partial charge in [0.25, 0.3) is 5.91 Å². The first-order valence-corrected chi connectivity index (χ1v) is 12.3. The molecule has 0 N–H and O–H groups in total. The van der Waals surface area contributed by atoms with Gasteiger partial charge in [0.05, 0.1) is 32.5 Å². The Kier molecular flexibility index (Phi) is 9.04. The van der Waals surface area contributed by atoms with E-state index in [0.717, 1.165) is 29.0 Å². The van der Waals surface area contributed by atoms with E-state index in [1.807, 2.05) is 36.4 Å². The summed E-state index contributed by atoms with van der Waals surface area (Å²) < 4.78 is 43.3. The van der Waals surface area contributed by atoms with E-state index >= 15 is 0 Å². The molecule has 3 aromatic rings. The van der Waals surface area contributed by atoms with E-state index in [-0.39, 0.29) is 17.6 Å². The van der Waals surface area contributed by atoms with E-state index in [4.69, 9.17) is 14.2 Å². The highest BCUT2D eigenvalue weighted by Crippen LogP contribution is 2.25. The minimum absolute atomic E-state index is 0.133. The molecule has 0 aromatic heterocycles. The summed E-state index contributed by atoms with van der Waals surface area (Å²) in [5.74, 6) is -2.00. The van der Waals surface area contributed by atoms with Gasteiger partial charge in [0.15, 0.2) is 11.6 Å². The second-order valence-corrected chi connectivity index (χ2v) is 8.99. The Balaban J connectivity index is 1.40. The zero-order valence-electron chi connectivity index (χ0n) is 21.4. The first kappa shape index (κ1) is 27.2. The molecule has 0 spiro atoms. The maximum absolute atomic E-state index is 13.6. The van der Waals surface area contributed by atoms with E-state index in [2.05, 4.69) is 4.90 Å². The minimum atomic E-state index is -1.03. The lowest BCUT2D eigenvalue weighted by Crippen LogP contribution is -2.49. The van der Waals surface area contributed by atoms with Crippen molar-refractivity contribution in [2.45, 2.75) is 12.7 Å². The van der Waals surface area contributed by atoms with Crippen molar-refractivity contribution in [1.29, 1.82) is 0 Å². The van der Waals surface area contributed by atoms with Gasteiger partial charge in [-0.1, -0.05) is 24.3 Å². The molecule has 7 nitrogen and oxygen atoms in total. The highest BCUT2D eigenvalue weighted by atomic mass is 19.2. The number of amides is 1. The normalized spacial score (nSPS) is 14.7. The molecule has 1 atom stereocenters. The maximum atomic E-state index is 13.6. The Bertz CT molecular complexity index is 1260. The Labute approximate surface area is 220 Å². The molecular weight excluding hydrogens is 494 g/mol. The van der Waals surface area contributed by atoms with Crippen molar-refractivity contribution in [1.82, 2.24) is 9.80 Å². The van der Waals surface area contributed by atoms with Gasteiger partial charge in [0.2, 0.25) is 0 Å². The van der Waals surface area contributed by atoms with Gasteiger partial charge in [-0.25, -0.2) is 13.6 Å². The smallest absolute Gasteiger partial charge is 0.337 e. The van der Waals surface area contributed by atoms with Gasteiger partial charge in [-0.3, -0.25) is 9.69 Å². The average Bonchev–Trinajstić information content (AvgIpc) is 2.96. The summed E-state index contributed by atoms with van der Waals surface area (Å²) in [5.41, 5.74) is 2.47. The molecule has 1 heterocycles. The fourth-order valence-electron chi connectivity index (χ4n) is 4.33. The largest absolute Gasteiger partial charge is 0.497 e. The fourth-order valence-corrected chi connectivity index (χ4v) is 4.33. The summed E-state index contributed by atoms with van der Waals surface area (Å²) in [4.78, 5) is 28.3. The van der Waals surface area contributed by atoms with Crippen LogP contribution < -0.4 is 4.74 Å². The molecule has 1 saturated heterocycles. The average molecular weight is 525 g/mol. The quantitative estimate of drug-likeness (QED) is 0.385. The third-order valence-electron chi connectivity index (χ3n) is 6.54. The van der Waals surface area contributed by atoms with Crippen LogP contribution in [0.2, 0.25) is 0 Å². The van der Waals surface area contributed by atoms with Crippen LogP contribution in [0.1, 0.15) is 37.9 Å². The third kappa shape index (κ3) is 6.73. The summed E-state index contributed by atoms with van der Waals surface area (Å²) in [6.07, 6.45) is -0.279. The first-order valence-electron chi connectivity index (χ1n) is 12.3. The lowest BCUT2D eigenvalue weighted by Gasteiger charge is -2.36. The van der Waals surface area contributed by atoms with Gasteiger partial charge in [0, 0.05) is 38.3 Å². The number of rotatable bonds is 9. The number of methoxy groups -OCH3 is 2. The van der Waals surface area contributed by atoms with Gasteiger partial charge in [-0.2, -0.15) is 0 Å². The Morgan fingerprint density at radius 2 is 1.58 bits per heavy atom. The number of piperazine rings is 1. The van der Waals surface area contributed by atoms with Crippen LogP contribution in [0.25, 0.3) is 0 Å². The van der Waals surface area contributed by atoms with Crippen molar-refractivity contribution in [3.8, 4) is 5.75 Å². The number of carbonyl (C=O) groups is 2. The predicted octanol–water partition coefficient (Wildman–Crippen LogP) is 4.48. The van der Waals surface area contributed by atoms with E-state index < -0.39 is 17.6 Å². The second kappa shape index (κ2) is 12.6. The summed E-state index contributed by atoms with van der Waals surface area (Å²) in [6, 6.07) is 18.0. The van der Waals surface area contributed by atoms with Crippen molar-refractivity contribution in [3.05, 3.63) is 101 Å². The van der Waals surface area contributed by atoms with Crippen LogP contribution in [-0.2, 0) is 16.1 Å². The molecule has 0 saturated carbocycles. The van der Waals surface area contributed by atoms with E-state index in [9.17, 15) is 18.4 Å². The number of ether oxygens (including phenoxy) is 3. The number of hydrogen-bond acceptors (Lipinski definition) is 6. The van der Waals surface area contributed by atoms with Crippen molar-refractivity contribution in [2.75, 3.05) is 46.9 Å². The second-order valence-electron chi connectivity index (χ2n) is 8.99. The van der Waals surface area contributed by atoms with Gasteiger partial charge in [-0.05, 0) is 53.6 Å². The maximum Gasteiger partial charge on any atom is 0.337 e. The van der Waals surface area contributed by atoms with Crippen LogP contribution in [0, 0.1) is 11.6 Å². The Morgan fingerprint density at radius 3 is 2.24 bits per heavy atom. The molecule has 1 aliphatic heterocycles. The molecule has 38 heavy (non-hydrogen) atoms. The zero-order valence-corrected chi connectivity index (χ0v) is 21.4. The van der Waals surface area contributed by atoms with Crippen LogP contribution in [-0.4, -0.2) is 68.6 Å². The van der Waals surface area contributed by atoms with Crippen LogP contribution >= 0.6 is 0 Å². The fraction of sp³-hybridized carbons (Fsp3) is 0.310. The standard InChI is InChI=1S/C29H30F2N2O5/c1-36-24-5-3-4-22(16-24)27(38-19-20-6-8-21(9-7-20)29(35)37-2)18-32-12-14-33(15-13-32)28(34)23-10-11-25(30)26(31)17-23/h3-11,16-17,27H,12-15,18-19H2,1-2H3/t27-/m0/s1. The molecular formula is C29H30F2N2O5. The monoisotopic (exact) mass is 524 g/mol. The summed E-state index contributed by atoms with van der Waals surface area (Å²) in [7, 11) is 2.96. The molecule has 0 bridgehead atoms. The number of carbonyl (C=O) groups excluding carboxylic acids is 2. The molecule has 1 fully saturated rings. The molecule has 0 aliphatic carbocycles. The number of benzene rings is 3. The van der Waals surface area contributed by atoms with Crippen LogP contribution in [0.4, 0.5) is 8.78 Å². The molecule has 1 amide bonds. The Hall–Kier alpha value is -3.82. The van der Waals surface area contributed by atoms with E-state index in [1.165, 1.54) is 13.2 Å². The highest BCUT2D eigenvalue weighted by molar-refractivity contribution is 5.94. The summed E-state index contributed by atoms with van der Waals surface area (Å²) >= 11 is 0. The van der Waals surface area contributed by atoms with Crippen LogP contribution in [0.3, 0.4) is 0 Å². The van der Waals surface area contributed by atoms with Crippen molar-refractivity contribution >= 4 is 11.9 Å². The van der Waals surface area contributed by atoms with Crippen molar-refractivity contribution in [2.24, 2.45) is 0 Å². The molecule has 9 heteroatoms. The first-order chi connectivity index (χ1) is 18.4. The number of halogens is 2. The lowest BCUT2D eigenvalue weighted by molar-refractivity contribution is 0.00331. The lowest BCUT2D eigenvalue weighted by atomic mass is 10.1. The summed E-state index contributed by atoms with van der Waals surface area (Å²) in [6.45, 7) is 3.04. The highest BCUT2D eigenvalue weighted by Gasteiger charge is 2.25. The van der Waals surface area contributed by atoms with Gasteiger partial charge >= 0.3 is 5.97 Å². The molecule has 200 valence electrons. The van der Waals surface area contributed by atoms with Crippen molar-refractivity contribution in [3.63, 3.8) is 0 Å². The minimum Gasteiger partial charge on any atom is -0.497 e. The van der Waals surface area contributed by atoms with Crippen molar-refractivity contribution < 1.29 is 32.6 Å². The number of hydrogen-bond donors (Lipinski definition) is 0. The molecule has 1 aliphatic rings. The van der Waals surface area contributed by atoms with Crippen LogP contribution in [0.5, 0.6) is 5.75 Å². The zero-order chi connectivity index (χ0) is 27.1. The van der Waals surface area contributed by atoms with Gasteiger partial charge in [-0.15, -0.1) is 0 Å². The molecule has 0 unspecified atom stereocenters.